The fourth-order valence-electron chi connectivity index (χ4n) is 1.99. The minimum atomic E-state index is -1.01. The van der Waals surface area contributed by atoms with Crippen molar-refractivity contribution in [2.45, 2.75) is 13.0 Å². The molecule has 7 nitrogen and oxygen atoms in total. The predicted octanol–water partition coefficient (Wildman–Crippen LogP) is 2.03. The average molecular weight is 392 g/mol. The molecule has 1 atom stereocenters. The van der Waals surface area contributed by atoms with Gasteiger partial charge < -0.3 is 20.1 Å². The van der Waals surface area contributed by atoms with Crippen LogP contribution in [0.5, 0.6) is 5.75 Å². The standard InChI is InChI=1S/C19H18F2N2O5/c1-12(28-16-8-4-14(21)5-9-16)19(26)27-11-18(25)22-10-17(24)23-15-6-2-13(20)3-7-15/h2-9,12H,10-11H2,1H3,(H,22,25)(H,23,24)/t12-/m1/s1. The molecule has 0 heterocycles. The van der Waals surface area contributed by atoms with Crippen LogP contribution in [0.2, 0.25) is 0 Å². The highest BCUT2D eigenvalue weighted by Crippen LogP contribution is 2.13. The molecular formula is C19H18F2N2O5. The minimum absolute atomic E-state index is 0.271. The highest BCUT2D eigenvalue weighted by atomic mass is 19.1. The van der Waals surface area contributed by atoms with Crippen molar-refractivity contribution in [2.24, 2.45) is 0 Å². The molecule has 2 aromatic carbocycles. The van der Waals surface area contributed by atoms with Crippen molar-refractivity contribution in [1.82, 2.24) is 5.32 Å². The first-order chi connectivity index (χ1) is 13.3. The number of hydrogen-bond acceptors (Lipinski definition) is 5. The van der Waals surface area contributed by atoms with Crippen LogP contribution in [-0.4, -0.2) is 37.0 Å². The number of amides is 2. The molecule has 2 N–H and O–H groups in total. The quantitative estimate of drug-likeness (QED) is 0.671. The molecule has 28 heavy (non-hydrogen) atoms. The lowest BCUT2D eigenvalue weighted by Crippen LogP contribution is -2.37. The molecule has 0 saturated carbocycles. The number of esters is 1. The highest BCUT2D eigenvalue weighted by molar-refractivity contribution is 5.94. The second-order valence-corrected chi connectivity index (χ2v) is 5.65. The Hall–Kier alpha value is -3.49. The number of rotatable bonds is 8. The van der Waals surface area contributed by atoms with Gasteiger partial charge in [-0.25, -0.2) is 13.6 Å². The summed E-state index contributed by atoms with van der Waals surface area (Å²) in [6, 6.07) is 10.2. The Bertz CT molecular complexity index is 825. The van der Waals surface area contributed by atoms with E-state index in [9.17, 15) is 23.2 Å². The van der Waals surface area contributed by atoms with E-state index in [2.05, 4.69) is 10.6 Å². The Morgan fingerprint density at radius 2 is 1.50 bits per heavy atom. The molecular weight excluding hydrogens is 374 g/mol. The van der Waals surface area contributed by atoms with Crippen LogP contribution in [-0.2, 0) is 19.1 Å². The first kappa shape index (κ1) is 20.8. The monoisotopic (exact) mass is 392 g/mol. The summed E-state index contributed by atoms with van der Waals surface area (Å²) in [4.78, 5) is 35.2. The molecule has 0 unspecified atom stereocenters. The normalized spacial score (nSPS) is 11.2. The van der Waals surface area contributed by atoms with Crippen molar-refractivity contribution in [3.63, 3.8) is 0 Å². The summed E-state index contributed by atoms with van der Waals surface area (Å²) in [5, 5.41) is 4.74. The summed E-state index contributed by atoms with van der Waals surface area (Å²) in [6.45, 7) is 0.467. The zero-order valence-electron chi connectivity index (χ0n) is 14.9. The fourth-order valence-corrected chi connectivity index (χ4v) is 1.99. The number of benzene rings is 2. The molecule has 0 fully saturated rings. The third-order valence-corrected chi connectivity index (χ3v) is 3.38. The molecule has 0 saturated heterocycles. The maximum atomic E-state index is 12.8. The van der Waals surface area contributed by atoms with E-state index in [4.69, 9.17) is 9.47 Å². The van der Waals surface area contributed by atoms with Gasteiger partial charge >= 0.3 is 5.97 Å². The van der Waals surface area contributed by atoms with Gasteiger partial charge in [-0.05, 0) is 55.5 Å². The molecule has 0 aliphatic carbocycles. The molecule has 0 bridgehead atoms. The number of hydrogen-bond donors (Lipinski definition) is 2. The van der Waals surface area contributed by atoms with Crippen LogP contribution < -0.4 is 15.4 Å². The second-order valence-electron chi connectivity index (χ2n) is 5.65. The van der Waals surface area contributed by atoms with Crippen molar-refractivity contribution in [3.05, 3.63) is 60.2 Å². The summed E-state index contributed by atoms with van der Waals surface area (Å²) in [6.07, 6.45) is -1.01. The third-order valence-electron chi connectivity index (χ3n) is 3.38. The lowest BCUT2D eigenvalue weighted by atomic mass is 10.3. The van der Waals surface area contributed by atoms with Crippen LogP contribution in [0.1, 0.15) is 6.92 Å². The van der Waals surface area contributed by atoms with Gasteiger partial charge in [-0.2, -0.15) is 0 Å². The number of nitrogens with one attached hydrogen (secondary N) is 2. The molecule has 9 heteroatoms. The van der Waals surface area contributed by atoms with Gasteiger partial charge in [0.05, 0.1) is 6.54 Å². The lowest BCUT2D eigenvalue weighted by molar-refractivity contribution is -0.154. The summed E-state index contributed by atoms with van der Waals surface area (Å²) in [5.74, 6) is -2.62. The maximum Gasteiger partial charge on any atom is 0.347 e. The Balaban J connectivity index is 1.67. The van der Waals surface area contributed by atoms with E-state index in [1.807, 2.05) is 0 Å². The number of halogens is 2. The van der Waals surface area contributed by atoms with Crippen LogP contribution in [0.4, 0.5) is 14.5 Å². The summed E-state index contributed by atoms with van der Waals surface area (Å²) >= 11 is 0. The van der Waals surface area contributed by atoms with Crippen LogP contribution in [0.3, 0.4) is 0 Å². The maximum absolute atomic E-state index is 12.8. The van der Waals surface area contributed by atoms with Crippen LogP contribution in [0, 0.1) is 11.6 Å². The van der Waals surface area contributed by atoms with Crippen molar-refractivity contribution < 1.29 is 32.6 Å². The van der Waals surface area contributed by atoms with E-state index >= 15 is 0 Å². The van der Waals surface area contributed by atoms with Gasteiger partial charge in [0.25, 0.3) is 5.91 Å². The fraction of sp³-hybridized carbons (Fsp3) is 0.211. The SMILES string of the molecule is C[C@@H](Oc1ccc(F)cc1)C(=O)OCC(=O)NCC(=O)Nc1ccc(F)cc1. The number of ether oxygens (including phenoxy) is 2. The largest absolute Gasteiger partial charge is 0.479 e. The van der Waals surface area contributed by atoms with Gasteiger partial charge in [0, 0.05) is 5.69 Å². The molecule has 2 amide bonds. The topological polar surface area (TPSA) is 93.7 Å². The van der Waals surface area contributed by atoms with E-state index < -0.39 is 42.1 Å². The minimum Gasteiger partial charge on any atom is -0.479 e. The Kier molecular flexibility index (Phi) is 7.44. The average Bonchev–Trinajstić information content (AvgIpc) is 2.68. The van der Waals surface area contributed by atoms with Crippen LogP contribution >= 0.6 is 0 Å². The van der Waals surface area contributed by atoms with E-state index in [0.717, 1.165) is 0 Å². The zero-order chi connectivity index (χ0) is 20.5. The van der Waals surface area contributed by atoms with Crippen molar-refractivity contribution in [2.75, 3.05) is 18.5 Å². The van der Waals surface area contributed by atoms with Gasteiger partial charge in [-0.3, -0.25) is 9.59 Å². The molecule has 0 spiro atoms. The predicted molar refractivity (Wildman–Crippen MR) is 95.5 cm³/mol. The second kappa shape index (κ2) is 10.0. The van der Waals surface area contributed by atoms with Crippen molar-refractivity contribution >= 4 is 23.5 Å². The van der Waals surface area contributed by atoms with Gasteiger partial charge in [0.15, 0.2) is 12.7 Å². The molecule has 2 aromatic rings. The summed E-state index contributed by atoms with van der Waals surface area (Å²) < 4.78 is 35.7. The van der Waals surface area contributed by atoms with E-state index in [1.165, 1.54) is 55.5 Å². The first-order valence-corrected chi connectivity index (χ1v) is 8.24. The third kappa shape index (κ3) is 7.02. The van der Waals surface area contributed by atoms with Crippen molar-refractivity contribution in [3.8, 4) is 5.75 Å². The summed E-state index contributed by atoms with van der Waals surface area (Å²) in [5.41, 5.74) is 0.374. The zero-order valence-corrected chi connectivity index (χ0v) is 14.9. The van der Waals surface area contributed by atoms with E-state index in [-0.39, 0.29) is 12.3 Å². The van der Waals surface area contributed by atoms with Crippen LogP contribution in [0.15, 0.2) is 48.5 Å². The molecule has 148 valence electrons. The van der Waals surface area contributed by atoms with Gasteiger partial charge in [-0.15, -0.1) is 0 Å². The lowest BCUT2D eigenvalue weighted by Gasteiger charge is -2.14. The van der Waals surface area contributed by atoms with Gasteiger partial charge in [0.1, 0.15) is 17.4 Å². The molecule has 0 aliphatic heterocycles. The molecule has 0 radical (unpaired) electrons. The van der Waals surface area contributed by atoms with Gasteiger partial charge in [0.2, 0.25) is 5.91 Å². The smallest absolute Gasteiger partial charge is 0.347 e. The number of anilines is 1. The highest BCUT2D eigenvalue weighted by Gasteiger charge is 2.18. The molecule has 0 aliphatic rings. The Morgan fingerprint density at radius 3 is 2.11 bits per heavy atom. The first-order valence-electron chi connectivity index (χ1n) is 8.24. The van der Waals surface area contributed by atoms with Gasteiger partial charge in [-0.1, -0.05) is 0 Å². The molecule has 0 aromatic heterocycles. The number of carbonyl (C=O) groups is 3. The Labute approximate surface area is 159 Å². The van der Waals surface area contributed by atoms with Crippen molar-refractivity contribution in [1.29, 1.82) is 0 Å². The summed E-state index contributed by atoms with van der Waals surface area (Å²) in [7, 11) is 0. The Morgan fingerprint density at radius 1 is 0.929 bits per heavy atom. The number of carbonyl (C=O) groups excluding carboxylic acids is 3. The van der Waals surface area contributed by atoms with Crippen LogP contribution in [0.25, 0.3) is 0 Å². The van der Waals surface area contributed by atoms with E-state index in [1.54, 1.807) is 0 Å². The van der Waals surface area contributed by atoms with E-state index in [0.29, 0.717) is 5.69 Å². The molecule has 2 rings (SSSR count).